The zero-order chi connectivity index (χ0) is 19.2. The number of nitrogens with one attached hydrogen (secondary N) is 1. The Morgan fingerprint density at radius 2 is 2.07 bits per heavy atom. The topological polar surface area (TPSA) is 106 Å². The summed E-state index contributed by atoms with van der Waals surface area (Å²) in [6, 6.07) is 3.20. The van der Waals surface area contributed by atoms with Crippen LogP contribution in [0.1, 0.15) is 16.2 Å². The second-order valence-electron chi connectivity index (χ2n) is 6.12. The van der Waals surface area contributed by atoms with Crippen molar-refractivity contribution in [2.24, 2.45) is 0 Å². The summed E-state index contributed by atoms with van der Waals surface area (Å²) in [5.74, 6) is 1.75. The fraction of sp³-hybridized carbons (Fsp3) is 0.471. The van der Waals surface area contributed by atoms with E-state index in [1.807, 2.05) is 19.0 Å². The lowest BCUT2D eigenvalue weighted by molar-refractivity contribution is 0.0949. The Hall–Kier alpha value is -3.01. The Balaban J connectivity index is 1.74. The highest BCUT2D eigenvalue weighted by molar-refractivity contribution is 5.94. The molecule has 2 aromatic rings. The second-order valence-corrected chi connectivity index (χ2v) is 6.12. The molecule has 27 heavy (non-hydrogen) atoms. The van der Waals surface area contributed by atoms with E-state index in [4.69, 9.17) is 9.47 Å². The van der Waals surface area contributed by atoms with Crippen molar-refractivity contribution in [1.29, 1.82) is 0 Å². The highest BCUT2D eigenvalue weighted by atomic mass is 16.5. The molecule has 2 aromatic heterocycles. The van der Waals surface area contributed by atoms with Crippen molar-refractivity contribution < 1.29 is 14.3 Å². The van der Waals surface area contributed by atoms with Crippen LogP contribution in [0.5, 0.6) is 5.88 Å². The first-order valence-electron chi connectivity index (χ1n) is 8.60. The molecule has 3 heterocycles. The molecule has 0 bridgehead atoms. The van der Waals surface area contributed by atoms with Gasteiger partial charge in [-0.1, -0.05) is 0 Å². The van der Waals surface area contributed by atoms with E-state index in [0.29, 0.717) is 42.4 Å². The molecule has 0 radical (unpaired) electrons. The van der Waals surface area contributed by atoms with Crippen molar-refractivity contribution in [1.82, 2.24) is 25.3 Å². The SMILES string of the molecule is COc1cc(C(=O)NCc2nc(N(C)C)nc(N3CCOCC3)n2)ccn1. The van der Waals surface area contributed by atoms with Crippen molar-refractivity contribution in [3.63, 3.8) is 0 Å². The Morgan fingerprint density at radius 1 is 1.30 bits per heavy atom. The summed E-state index contributed by atoms with van der Waals surface area (Å²) < 4.78 is 10.4. The third kappa shape index (κ3) is 4.79. The highest BCUT2D eigenvalue weighted by Crippen LogP contribution is 2.14. The average molecular weight is 373 g/mol. The molecule has 0 unspecified atom stereocenters. The molecule has 0 aliphatic carbocycles. The number of carbonyl (C=O) groups excluding carboxylic acids is 1. The predicted octanol–water partition coefficient (Wildman–Crippen LogP) is 0.108. The van der Waals surface area contributed by atoms with Gasteiger partial charge in [0.1, 0.15) is 0 Å². The number of rotatable bonds is 6. The number of nitrogens with zero attached hydrogens (tertiary/aromatic N) is 6. The largest absolute Gasteiger partial charge is 0.481 e. The average Bonchev–Trinajstić information content (AvgIpc) is 2.72. The molecule has 144 valence electrons. The standard InChI is InChI=1S/C17H23N7O3/c1-23(2)16-20-13(21-17(22-16)24-6-8-27-9-7-24)11-19-15(25)12-4-5-18-14(10-12)26-3/h4-5,10H,6-9,11H2,1-3H3,(H,19,25). The Labute approximate surface area is 157 Å². The molecule has 1 amide bonds. The van der Waals surface area contributed by atoms with Gasteiger partial charge in [0.05, 0.1) is 26.9 Å². The molecule has 0 saturated carbocycles. The summed E-state index contributed by atoms with van der Waals surface area (Å²) >= 11 is 0. The van der Waals surface area contributed by atoms with E-state index >= 15 is 0 Å². The van der Waals surface area contributed by atoms with Crippen LogP contribution >= 0.6 is 0 Å². The Kier molecular flexibility index (Phi) is 5.97. The first-order chi connectivity index (χ1) is 13.1. The maximum atomic E-state index is 12.4. The van der Waals surface area contributed by atoms with Crippen molar-refractivity contribution >= 4 is 17.8 Å². The van der Waals surface area contributed by atoms with E-state index in [1.54, 1.807) is 12.1 Å². The van der Waals surface area contributed by atoms with Gasteiger partial charge in [0, 0.05) is 45.0 Å². The summed E-state index contributed by atoms with van der Waals surface area (Å²) in [7, 11) is 5.23. The number of ether oxygens (including phenoxy) is 2. The van der Waals surface area contributed by atoms with Gasteiger partial charge in [0.15, 0.2) is 5.82 Å². The lowest BCUT2D eigenvalue weighted by atomic mass is 10.2. The fourth-order valence-corrected chi connectivity index (χ4v) is 2.50. The van der Waals surface area contributed by atoms with Crippen LogP contribution in [-0.4, -0.2) is 73.4 Å². The van der Waals surface area contributed by atoms with Gasteiger partial charge in [-0.15, -0.1) is 0 Å². The minimum absolute atomic E-state index is 0.185. The molecule has 1 aliphatic rings. The summed E-state index contributed by atoms with van der Waals surface area (Å²) in [5, 5.41) is 2.83. The van der Waals surface area contributed by atoms with Gasteiger partial charge in [-0.25, -0.2) is 4.98 Å². The Morgan fingerprint density at radius 3 is 2.78 bits per heavy atom. The maximum absolute atomic E-state index is 12.4. The number of amides is 1. The van der Waals surface area contributed by atoms with Crippen molar-refractivity contribution in [3.05, 3.63) is 29.7 Å². The molecule has 1 aliphatic heterocycles. The van der Waals surface area contributed by atoms with Gasteiger partial charge >= 0.3 is 0 Å². The van der Waals surface area contributed by atoms with Gasteiger partial charge < -0.3 is 24.6 Å². The van der Waals surface area contributed by atoms with Crippen LogP contribution in [0.2, 0.25) is 0 Å². The van der Waals surface area contributed by atoms with Crippen LogP contribution in [0.4, 0.5) is 11.9 Å². The summed E-state index contributed by atoms with van der Waals surface area (Å²) in [6.45, 7) is 2.90. The maximum Gasteiger partial charge on any atom is 0.251 e. The number of pyridine rings is 1. The molecule has 3 rings (SSSR count). The summed E-state index contributed by atoms with van der Waals surface area (Å²) in [4.78, 5) is 33.7. The Bertz CT molecular complexity index is 794. The summed E-state index contributed by atoms with van der Waals surface area (Å²) in [6.07, 6.45) is 1.53. The minimum atomic E-state index is -0.254. The third-order valence-corrected chi connectivity index (χ3v) is 3.97. The first-order valence-corrected chi connectivity index (χ1v) is 8.60. The van der Waals surface area contributed by atoms with E-state index in [0.717, 1.165) is 13.1 Å². The monoisotopic (exact) mass is 373 g/mol. The molecule has 10 nitrogen and oxygen atoms in total. The first kappa shape index (κ1) is 18.8. The number of methoxy groups -OCH3 is 1. The zero-order valence-corrected chi connectivity index (χ0v) is 15.7. The van der Waals surface area contributed by atoms with Crippen LogP contribution in [-0.2, 0) is 11.3 Å². The minimum Gasteiger partial charge on any atom is -0.481 e. The molecule has 10 heteroatoms. The lowest BCUT2D eigenvalue weighted by Crippen LogP contribution is -2.38. The van der Waals surface area contributed by atoms with Crippen LogP contribution in [0.3, 0.4) is 0 Å². The van der Waals surface area contributed by atoms with E-state index in [9.17, 15) is 4.79 Å². The molecule has 0 atom stereocenters. The van der Waals surface area contributed by atoms with Crippen molar-refractivity contribution in [2.45, 2.75) is 6.54 Å². The van der Waals surface area contributed by atoms with Gasteiger partial charge in [0.25, 0.3) is 5.91 Å². The van der Waals surface area contributed by atoms with Crippen LogP contribution in [0, 0.1) is 0 Å². The van der Waals surface area contributed by atoms with Crippen LogP contribution in [0.15, 0.2) is 18.3 Å². The molecule has 0 spiro atoms. The van der Waals surface area contributed by atoms with Gasteiger partial charge in [-0.05, 0) is 6.07 Å². The van der Waals surface area contributed by atoms with E-state index < -0.39 is 0 Å². The molecule has 1 saturated heterocycles. The van der Waals surface area contributed by atoms with E-state index in [2.05, 4.69) is 30.2 Å². The van der Waals surface area contributed by atoms with Crippen molar-refractivity contribution in [3.8, 4) is 5.88 Å². The number of hydrogen-bond acceptors (Lipinski definition) is 9. The number of morpholine rings is 1. The van der Waals surface area contributed by atoms with Crippen LogP contribution < -0.4 is 19.9 Å². The van der Waals surface area contributed by atoms with E-state index in [1.165, 1.54) is 13.3 Å². The third-order valence-electron chi connectivity index (χ3n) is 3.97. The smallest absolute Gasteiger partial charge is 0.251 e. The molecular weight excluding hydrogens is 350 g/mol. The number of aromatic nitrogens is 4. The van der Waals surface area contributed by atoms with Crippen LogP contribution in [0.25, 0.3) is 0 Å². The van der Waals surface area contributed by atoms with Crippen molar-refractivity contribution in [2.75, 3.05) is 57.3 Å². The molecule has 1 N–H and O–H groups in total. The second kappa shape index (κ2) is 8.58. The van der Waals surface area contributed by atoms with E-state index in [-0.39, 0.29) is 12.5 Å². The lowest BCUT2D eigenvalue weighted by Gasteiger charge is -2.27. The zero-order valence-electron chi connectivity index (χ0n) is 15.7. The number of hydrogen-bond donors (Lipinski definition) is 1. The predicted molar refractivity (Wildman–Crippen MR) is 99.1 cm³/mol. The molecular formula is C17H23N7O3. The van der Waals surface area contributed by atoms with Gasteiger partial charge in [-0.2, -0.15) is 15.0 Å². The number of carbonyl (C=O) groups is 1. The summed E-state index contributed by atoms with van der Waals surface area (Å²) in [5.41, 5.74) is 0.456. The highest BCUT2D eigenvalue weighted by Gasteiger charge is 2.17. The normalized spacial score (nSPS) is 14.0. The van der Waals surface area contributed by atoms with Gasteiger partial charge in [-0.3, -0.25) is 4.79 Å². The fourth-order valence-electron chi connectivity index (χ4n) is 2.50. The molecule has 1 fully saturated rings. The van der Waals surface area contributed by atoms with Gasteiger partial charge in [0.2, 0.25) is 17.8 Å². The molecule has 0 aromatic carbocycles. The quantitative estimate of drug-likeness (QED) is 0.755. The number of anilines is 2.